The third-order valence-corrected chi connectivity index (χ3v) is 5.92. The normalized spacial score (nSPS) is 22.5. The molecule has 0 unspecified atom stereocenters. The summed E-state index contributed by atoms with van der Waals surface area (Å²) in [4.78, 5) is 13.8. The molecule has 0 radical (unpaired) electrons. The molecule has 2 N–H and O–H groups in total. The Labute approximate surface area is 147 Å². The Morgan fingerprint density at radius 3 is 2.80 bits per heavy atom. The molecule has 3 aliphatic rings. The Morgan fingerprint density at radius 2 is 2.08 bits per heavy atom. The highest BCUT2D eigenvalue weighted by Gasteiger charge is 2.52. The summed E-state index contributed by atoms with van der Waals surface area (Å²) in [6.07, 6.45) is 6.85. The number of hydrogen-bond donors (Lipinski definition) is 2. The highest BCUT2D eigenvalue weighted by atomic mass is 15.3. The van der Waals surface area contributed by atoms with Gasteiger partial charge < -0.3 is 15.1 Å². The van der Waals surface area contributed by atoms with Gasteiger partial charge in [-0.15, -0.1) is 0 Å². The minimum atomic E-state index is 0.552. The van der Waals surface area contributed by atoms with Gasteiger partial charge in [0.15, 0.2) is 5.82 Å². The van der Waals surface area contributed by atoms with Gasteiger partial charge in [-0.25, -0.2) is 4.98 Å². The van der Waals surface area contributed by atoms with E-state index in [1.165, 1.54) is 44.5 Å². The van der Waals surface area contributed by atoms with Crippen LogP contribution in [0.15, 0.2) is 18.3 Å². The summed E-state index contributed by atoms with van der Waals surface area (Å²) >= 11 is 0. The summed E-state index contributed by atoms with van der Waals surface area (Å²) in [6.45, 7) is 2.48. The number of aromatic nitrogens is 4. The zero-order chi connectivity index (χ0) is 17.0. The topological polar surface area (TPSA) is 73.0 Å². The van der Waals surface area contributed by atoms with Crippen LogP contribution < -0.4 is 10.2 Å². The van der Waals surface area contributed by atoms with Crippen LogP contribution >= 0.6 is 0 Å². The number of hydrogen-bond acceptors (Lipinski definition) is 6. The monoisotopic (exact) mass is 339 g/mol. The van der Waals surface area contributed by atoms with Crippen LogP contribution in [-0.4, -0.2) is 58.3 Å². The van der Waals surface area contributed by atoms with Crippen molar-refractivity contribution in [1.82, 2.24) is 25.1 Å². The van der Waals surface area contributed by atoms with Gasteiger partial charge in [0, 0.05) is 50.1 Å². The molecule has 1 spiro atoms. The molecule has 5 rings (SSSR count). The summed E-state index contributed by atoms with van der Waals surface area (Å²) in [5, 5.41) is 10.8. The standard InChI is InChI=1S/C18H25N7/c1-24-10-18(11-24)8-13(9-18)25(2)17-19-6-5-15(21-17)20-16-7-14(22-23-16)12-3-4-12/h5-7,12-13H,3-4,8-11H2,1-2H3,(H2,19,20,21,22,23). The van der Waals surface area contributed by atoms with Crippen LogP contribution in [0.1, 0.15) is 37.3 Å². The number of anilines is 3. The molecule has 0 atom stereocenters. The SMILES string of the molecule is CN1CC2(CC(N(C)c3nccc(Nc4cc(C5CC5)[nH]n4)n3)C2)C1. The number of aromatic amines is 1. The molecular weight excluding hydrogens is 314 g/mol. The fourth-order valence-corrected chi connectivity index (χ4v) is 4.46. The fourth-order valence-electron chi connectivity index (χ4n) is 4.46. The predicted molar refractivity (Wildman–Crippen MR) is 97.2 cm³/mol. The Morgan fingerprint density at radius 1 is 1.28 bits per heavy atom. The molecule has 2 aromatic rings. The first kappa shape index (κ1) is 15.1. The Bertz CT molecular complexity index is 767. The quantitative estimate of drug-likeness (QED) is 0.871. The van der Waals surface area contributed by atoms with Crippen LogP contribution in [0.2, 0.25) is 0 Å². The number of likely N-dealkylation sites (tertiary alicyclic amines) is 1. The molecule has 2 aliphatic carbocycles. The number of nitrogens with zero attached hydrogens (tertiary/aromatic N) is 5. The number of rotatable bonds is 5. The molecule has 132 valence electrons. The first-order valence-corrected chi connectivity index (χ1v) is 9.17. The van der Waals surface area contributed by atoms with Gasteiger partial charge >= 0.3 is 0 Å². The molecule has 3 fully saturated rings. The highest BCUT2D eigenvalue weighted by molar-refractivity contribution is 5.53. The van der Waals surface area contributed by atoms with Crippen molar-refractivity contribution in [2.24, 2.45) is 5.41 Å². The van der Waals surface area contributed by atoms with E-state index >= 15 is 0 Å². The molecule has 7 heteroatoms. The molecule has 0 amide bonds. The van der Waals surface area contributed by atoms with Crippen LogP contribution in [0.5, 0.6) is 0 Å². The van der Waals surface area contributed by atoms with E-state index in [0.29, 0.717) is 17.4 Å². The third kappa shape index (κ3) is 2.76. The fraction of sp³-hybridized carbons (Fsp3) is 0.611. The second kappa shape index (κ2) is 5.42. The summed E-state index contributed by atoms with van der Waals surface area (Å²) < 4.78 is 0. The van der Waals surface area contributed by atoms with Crippen molar-refractivity contribution in [3.63, 3.8) is 0 Å². The van der Waals surface area contributed by atoms with Crippen molar-refractivity contribution in [1.29, 1.82) is 0 Å². The Balaban J connectivity index is 1.24. The van der Waals surface area contributed by atoms with Gasteiger partial charge in [0.2, 0.25) is 5.95 Å². The van der Waals surface area contributed by atoms with E-state index in [1.807, 2.05) is 12.3 Å². The molecule has 0 bridgehead atoms. The molecule has 3 heterocycles. The minimum Gasteiger partial charge on any atom is -0.341 e. The molecule has 2 saturated carbocycles. The zero-order valence-corrected chi connectivity index (χ0v) is 14.9. The maximum absolute atomic E-state index is 4.69. The van der Waals surface area contributed by atoms with Crippen molar-refractivity contribution in [3.05, 3.63) is 24.0 Å². The maximum atomic E-state index is 4.69. The first-order valence-electron chi connectivity index (χ1n) is 9.17. The van der Waals surface area contributed by atoms with Gasteiger partial charge in [-0.1, -0.05) is 0 Å². The van der Waals surface area contributed by atoms with Gasteiger partial charge in [-0.2, -0.15) is 10.1 Å². The van der Waals surface area contributed by atoms with Crippen LogP contribution in [0.4, 0.5) is 17.6 Å². The van der Waals surface area contributed by atoms with E-state index in [-0.39, 0.29) is 0 Å². The van der Waals surface area contributed by atoms with Crippen LogP contribution in [0.3, 0.4) is 0 Å². The third-order valence-electron chi connectivity index (χ3n) is 5.92. The van der Waals surface area contributed by atoms with E-state index < -0.39 is 0 Å². The van der Waals surface area contributed by atoms with E-state index in [4.69, 9.17) is 0 Å². The van der Waals surface area contributed by atoms with Gasteiger partial charge in [0.1, 0.15) is 5.82 Å². The highest BCUT2D eigenvalue weighted by Crippen LogP contribution is 2.49. The van der Waals surface area contributed by atoms with Gasteiger partial charge in [-0.3, -0.25) is 5.10 Å². The van der Waals surface area contributed by atoms with Crippen molar-refractivity contribution in [2.45, 2.75) is 37.6 Å². The van der Waals surface area contributed by atoms with Gasteiger partial charge in [0.05, 0.1) is 0 Å². The molecular formula is C18H25N7. The van der Waals surface area contributed by atoms with E-state index in [0.717, 1.165) is 17.6 Å². The smallest absolute Gasteiger partial charge is 0.227 e. The Kier molecular flexibility index (Phi) is 3.28. The molecule has 1 saturated heterocycles. The van der Waals surface area contributed by atoms with E-state index in [2.05, 4.69) is 55.4 Å². The molecule has 2 aromatic heterocycles. The lowest BCUT2D eigenvalue weighted by Crippen LogP contribution is -2.65. The average Bonchev–Trinajstić information content (AvgIpc) is 3.29. The molecule has 7 nitrogen and oxygen atoms in total. The largest absolute Gasteiger partial charge is 0.341 e. The van der Waals surface area contributed by atoms with Gasteiger partial charge in [-0.05, 0) is 44.2 Å². The Hall–Kier alpha value is -2.15. The van der Waals surface area contributed by atoms with Crippen molar-refractivity contribution >= 4 is 17.6 Å². The first-order chi connectivity index (χ1) is 12.1. The average molecular weight is 339 g/mol. The molecule has 0 aromatic carbocycles. The lowest BCUT2D eigenvalue weighted by molar-refractivity contribution is -0.0571. The summed E-state index contributed by atoms with van der Waals surface area (Å²) in [7, 11) is 4.31. The van der Waals surface area contributed by atoms with Crippen LogP contribution in [-0.2, 0) is 0 Å². The second-order valence-corrected chi connectivity index (χ2v) is 8.19. The lowest BCUT2D eigenvalue weighted by Gasteiger charge is -2.59. The van der Waals surface area contributed by atoms with Crippen molar-refractivity contribution in [2.75, 3.05) is 37.4 Å². The van der Waals surface area contributed by atoms with E-state index in [9.17, 15) is 0 Å². The van der Waals surface area contributed by atoms with Crippen molar-refractivity contribution < 1.29 is 0 Å². The lowest BCUT2D eigenvalue weighted by atomic mass is 9.60. The summed E-state index contributed by atoms with van der Waals surface area (Å²) in [6, 6.07) is 4.54. The van der Waals surface area contributed by atoms with Crippen molar-refractivity contribution in [3.8, 4) is 0 Å². The predicted octanol–water partition coefficient (Wildman–Crippen LogP) is 2.35. The molecule has 25 heavy (non-hydrogen) atoms. The van der Waals surface area contributed by atoms with E-state index in [1.54, 1.807) is 0 Å². The second-order valence-electron chi connectivity index (χ2n) is 8.19. The minimum absolute atomic E-state index is 0.552. The molecule has 1 aliphatic heterocycles. The van der Waals surface area contributed by atoms with Gasteiger partial charge in [0.25, 0.3) is 0 Å². The van der Waals surface area contributed by atoms with Crippen LogP contribution in [0, 0.1) is 5.41 Å². The zero-order valence-electron chi connectivity index (χ0n) is 14.9. The number of H-pyrrole nitrogens is 1. The maximum Gasteiger partial charge on any atom is 0.227 e. The number of nitrogens with one attached hydrogen (secondary N) is 2. The summed E-state index contributed by atoms with van der Waals surface area (Å²) in [5.74, 6) is 3.08. The summed E-state index contributed by atoms with van der Waals surface area (Å²) in [5.41, 5.74) is 1.79. The van der Waals surface area contributed by atoms with Crippen LogP contribution in [0.25, 0.3) is 0 Å².